The molecular weight excluding hydrogens is 208 g/mol. The molecule has 0 saturated heterocycles. The molecule has 0 aliphatic carbocycles. The number of hydrogen-bond donors (Lipinski definition) is 1. The Morgan fingerprint density at radius 1 is 1.44 bits per heavy atom. The van der Waals surface area contributed by atoms with E-state index in [0.717, 1.165) is 0 Å². The van der Waals surface area contributed by atoms with E-state index in [1.807, 2.05) is 0 Å². The van der Waals surface area contributed by atoms with Gasteiger partial charge >= 0.3 is 0 Å². The Labute approximate surface area is 94.3 Å². The molecule has 1 aromatic heterocycles. The van der Waals surface area contributed by atoms with E-state index in [-0.39, 0.29) is 11.5 Å². The van der Waals surface area contributed by atoms with Crippen LogP contribution in [0.2, 0.25) is 0 Å². The molecule has 0 aromatic carbocycles. The van der Waals surface area contributed by atoms with Gasteiger partial charge in [0.15, 0.2) is 5.76 Å². The summed E-state index contributed by atoms with van der Waals surface area (Å²) in [6.07, 6.45) is 0.814. The fraction of sp³-hybridized carbons (Fsp3) is 0.500. The molecule has 0 fully saturated rings. The van der Waals surface area contributed by atoms with Crippen LogP contribution < -0.4 is 0 Å². The zero-order chi connectivity index (χ0) is 12.1. The Balaban J connectivity index is 2.51. The summed E-state index contributed by atoms with van der Waals surface area (Å²) in [6, 6.07) is 3.26. The van der Waals surface area contributed by atoms with Crippen LogP contribution in [0.25, 0.3) is 0 Å². The van der Waals surface area contributed by atoms with Gasteiger partial charge in [-0.15, -0.1) is 0 Å². The van der Waals surface area contributed by atoms with E-state index >= 15 is 0 Å². The summed E-state index contributed by atoms with van der Waals surface area (Å²) >= 11 is 0. The zero-order valence-electron chi connectivity index (χ0n) is 9.53. The standard InChI is InChI=1S/C12H16O4/c1-8(13)4-3-5-10-6-7-11(16-10)12(15)9(2)14/h6-7,9,14H,3-5H2,1-2H3. The summed E-state index contributed by atoms with van der Waals surface area (Å²) < 4.78 is 5.27. The van der Waals surface area contributed by atoms with Crippen LogP contribution in [0.4, 0.5) is 0 Å². The van der Waals surface area contributed by atoms with E-state index in [2.05, 4.69) is 0 Å². The number of aliphatic hydroxyl groups excluding tert-OH is 1. The third-order valence-electron chi connectivity index (χ3n) is 2.24. The van der Waals surface area contributed by atoms with Crippen molar-refractivity contribution in [3.8, 4) is 0 Å². The van der Waals surface area contributed by atoms with Crippen molar-refractivity contribution in [2.75, 3.05) is 0 Å². The first-order valence-corrected chi connectivity index (χ1v) is 5.31. The average Bonchev–Trinajstić information content (AvgIpc) is 2.64. The van der Waals surface area contributed by atoms with Crippen molar-refractivity contribution < 1.29 is 19.1 Å². The van der Waals surface area contributed by atoms with Crippen molar-refractivity contribution in [3.05, 3.63) is 23.7 Å². The van der Waals surface area contributed by atoms with Crippen molar-refractivity contribution in [2.45, 2.75) is 39.2 Å². The highest BCUT2D eigenvalue weighted by Crippen LogP contribution is 2.13. The molecule has 0 saturated carbocycles. The second-order valence-electron chi connectivity index (χ2n) is 3.86. The van der Waals surface area contributed by atoms with Gasteiger partial charge in [-0.2, -0.15) is 0 Å². The van der Waals surface area contributed by atoms with E-state index < -0.39 is 11.9 Å². The summed E-state index contributed by atoms with van der Waals surface area (Å²) in [5.41, 5.74) is 0. The summed E-state index contributed by atoms with van der Waals surface area (Å²) in [4.78, 5) is 22.1. The van der Waals surface area contributed by atoms with Gasteiger partial charge < -0.3 is 14.3 Å². The molecule has 0 aliphatic rings. The molecule has 88 valence electrons. The molecule has 1 aromatic rings. The average molecular weight is 224 g/mol. The Morgan fingerprint density at radius 2 is 2.12 bits per heavy atom. The molecular formula is C12H16O4. The number of rotatable bonds is 6. The number of aryl methyl sites for hydroxylation is 1. The first-order valence-electron chi connectivity index (χ1n) is 5.31. The number of ketones is 2. The summed E-state index contributed by atoms with van der Waals surface area (Å²) in [5, 5.41) is 9.08. The fourth-order valence-electron chi connectivity index (χ4n) is 1.36. The minimum Gasteiger partial charge on any atom is -0.458 e. The third kappa shape index (κ3) is 3.62. The second-order valence-corrected chi connectivity index (χ2v) is 3.86. The highest BCUT2D eigenvalue weighted by molar-refractivity contribution is 5.96. The fourth-order valence-corrected chi connectivity index (χ4v) is 1.36. The Hall–Kier alpha value is -1.42. The van der Waals surface area contributed by atoms with E-state index in [9.17, 15) is 9.59 Å². The predicted octanol–water partition coefficient (Wildman–Crippen LogP) is 1.75. The Kier molecular flexibility index (Phi) is 4.43. The number of carbonyl (C=O) groups is 2. The van der Waals surface area contributed by atoms with Crippen LogP contribution in [-0.4, -0.2) is 22.8 Å². The number of aliphatic hydroxyl groups is 1. The SMILES string of the molecule is CC(=O)CCCc1ccc(C(=O)C(C)O)o1. The molecule has 1 atom stereocenters. The number of furan rings is 1. The Morgan fingerprint density at radius 3 is 2.69 bits per heavy atom. The largest absolute Gasteiger partial charge is 0.458 e. The molecule has 16 heavy (non-hydrogen) atoms. The monoisotopic (exact) mass is 224 g/mol. The van der Waals surface area contributed by atoms with Gasteiger partial charge in [-0.1, -0.05) is 0 Å². The van der Waals surface area contributed by atoms with Crippen molar-refractivity contribution >= 4 is 11.6 Å². The lowest BCUT2D eigenvalue weighted by atomic mass is 10.1. The van der Waals surface area contributed by atoms with Gasteiger partial charge in [-0.05, 0) is 32.4 Å². The highest BCUT2D eigenvalue weighted by atomic mass is 16.4. The Bertz CT molecular complexity index is 376. The molecule has 1 rings (SSSR count). The molecule has 1 heterocycles. The van der Waals surface area contributed by atoms with Gasteiger partial charge in [0.1, 0.15) is 17.6 Å². The quantitative estimate of drug-likeness (QED) is 0.747. The van der Waals surface area contributed by atoms with Gasteiger partial charge in [0.05, 0.1) is 0 Å². The maximum atomic E-state index is 11.3. The highest BCUT2D eigenvalue weighted by Gasteiger charge is 2.16. The lowest BCUT2D eigenvalue weighted by Crippen LogP contribution is -2.15. The van der Waals surface area contributed by atoms with Gasteiger partial charge in [0.2, 0.25) is 5.78 Å². The van der Waals surface area contributed by atoms with E-state index in [4.69, 9.17) is 9.52 Å². The lowest BCUT2D eigenvalue weighted by molar-refractivity contribution is -0.117. The van der Waals surface area contributed by atoms with Crippen molar-refractivity contribution in [1.82, 2.24) is 0 Å². The predicted molar refractivity (Wildman–Crippen MR) is 58.3 cm³/mol. The van der Waals surface area contributed by atoms with Crippen LogP contribution in [0.1, 0.15) is 43.0 Å². The summed E-state index contributed by atoms with van der Waals surface area (Å²) in [5.74, 6) is 0.572. The summed E-state index contributed by atoms with van der Waals surface area (Å²) in [7, 11) is 0. The molecule has 1 unspecified atom stereocenters. The third-order valence-corrected chi connectivity index (χ3v) is 2.24. The van der Waals surface area contributed by atoms with Crippen LogP contribution in [0, 0.1) is 0 Å². The van der Waals surface area contributed by atoms with Crippen LogP contribution in [0.15, 0.2) is 16.5 Å². The van der Waals surface area contributed by atoms with Gasteiger partial charge in [0.25, 0.3) is 0 Å². The molecule has 0 spiro atoms. The maximum absolute atomic E-state index is 11.3. The minimum absolute atomic E-state index is 0.145. The molecule has 4 nitrogen and oxygen atoms in total. The van der Waals surface area contributed by atoms with Crippen LogP contribution in [-0.2, 0) is 11.2 Å². The zero-order valence-corrected chi connectivity index (χ0v) is 9.53. The lowest BCUT2D eigenvalue weighted by Gasteiger charge is -1.99. The van der Waals surface area contributed by atoms with Crippen molar-refractivity contribution in [2.24, 2.45) is 0 Å². The van der Waals surface area contributed by atoms with E-state index in [0.29, 0.717) is 25.0 Å². The second kappa shape index (κ2) is 5.61. The van der Waals surface area contributed by atoms with Crippen LogP contribution in [0.3, 0.4) is 0 Å². The summed E-state index contributed by atoms with van der Waals surface area (Å²) in [6.45, 7) is 2.95. The van der Waals surface area contributed by atoms with E-state index in [1.165, 1.54) is 6.92 Å². The molecule has 0 bridgehead atoms. The van der Waals surface area contributed by atoms with Gasteiger partial charge in [-0.3, -0.25) is 4.79 Å². The topological polar surface area (TPSA) is 67.5 Å². The smallest absolute Gasteiger partial charge is 0.226 e. The van der Waals surface area contributed by atoms with Crippen molar-refractivity contribution in [3.63, 3.8) is 0 Å². The maximum Gasteiger partial charge on any atom is 0.226 e. The molecule has 1 N–H and O–H groups in total. The minimum atomic E-state index is -1.05. The molecule has 0 aliphatic heterocycles. The number of Topliss-reactive ketones (excluding diaryl/α,β-unsaturated/α-hetero) is 2. The van der Waals surface area contributed by atoms with Crippen LogP contribution in [0.5, 0.6) is 0 Å². The van der Waals surface area contributed by atoms with Gasteiger partial charge in [-0.25, -0.2) is 0 Å². The van der Waals surface area contributed by atoms with Gasteiger partial charge in [0, 0.05) is 12.8 Å². The number of hydrogen-bond acceptors (Lipinski definition) is 4. The first kappa shape index (κ1) is 12.6. The van der Waals surface area contributed by atoms with E-state index in [1.54, 1.807) is 19.1 Å². The van der Waals surface area contributed by atoms with Crippen molar-refractivity contribution in [1.29, 1.82) is 0 Å². The normalized spacial score (nSPS) is 12.4. The number of carbonyl (C=O) groups excluding carboxylic acids is 2. The molecule has 0 amide bonds. The van der Waals surface area contributed by atoms with Crippen LogP contribution >= 0.6 is 0 Å². The molecule has 4 heteroatoms. The molecule has 0 radical (unpaired) electrons. The first-order chi connectivity index (χ1) is 7.50.